The Balaban J connectivity index is 1.81. The molecule has 0 spiro atoms. The molecule has 0 saturated heterocycles. The Morgan fingerprint density at radius 2 is 1.94 bits per heavy atom. The lowest BCUT2D eigenvalue weighted by atomic mass is 9.89. The number of benzene rings is 1. The second-order valence-electron chi connectivity index (χ2n) is 9.71. The van der Waals surface area contributed by atoms with Gasteiger partial charge in [-0.1, -0.05) is 19.3 Å². The van der Waals surface area contributed by atoms with E-state index in [1.165, 1.54) is 24.2 Å². The number of aromatic nitrogens is 2. The number of hydrogen-bond donors (Lipinski definition) is 0. The fraction of sp³-hybridized carbons (Fsp3) is 0.583. The van der Waals surface area contributed by atoms with Crippen LogP contribution in [0.2, 0.25) is 0 Å². The monoisotopic (exact) mass is 459 g/mol. The maximum absolute atomic E-state index is 14.1. The highest BCUT2D eigenvalue weighted by Gasteiger charge is 2.24. The predicted octanol–water partition coefficient (Wildman–Crippen LogP) is 4.48. The minimum absolute atomic E-state index is 0.0900. The smallest absolute Gasteiger partial charge is 0.410 e. The first-order valence-electron chi connectivity index (χ1n) is 11.4. The van der Waals surface area contributed by atoms with Gasteiger partial charge < -0.3 is 14.4 Å². The van der Waals surface area contributed by atoms with Gasteiger partial charge in [-0.25, -0.2) is 18.3 Å². The number of amides is 1. The van der Waals surface area contributed by atoms with Crippen molar-refractivity contribution in [3.05, 3.63) is 41.1 Å². The highest BCUT2D eigenvalue weighted by Crippen LogP contribution is 2.27. The third-order valence-electron chi connectivity index (χ3n) is 5.64. The molecule has 1 amide bonds. The highest BCUT2D eigenvalue weighted by molar-refractivity contribution is 6.35. The molecule has 9 heteroatoms. The molecule has 33 heavy (non-hydrogen) atoms. The van der Waals surface area contributed by atoms with Gasteiger partial charge in [-0.05, 0) is 63.2 Å². The van der Waals surface area contributed by atoms with Crippen LogP contribution in [-0.2, 0) is 24.4 Å². The molecule has 2 aromatic rings. The molecule has 0 aliphatic heterocycles. The van der Waals surface area contributed by atoms with Crippen molar-refractivity contribution in [2.75, 3.05) is 7.05 Å². The van der Waals surface area contributed by atoms with Crippen molar-refractivity contribution < 1.29 is 23.0 Å². The Labute approximate surface area is 195 Å². The van der Waals surface area contributed by atoms with Crippen LogP contribution in [0.4, 0.5) is 13.6 Å². The van der Waals surface area contributed by atoms with Crippen molar-refractivity contribution in [2.45, 2.75) is 78.2 Å². The molecule has 0 unspecified atom stereocenters. The fourth-order valence-corrected chi connectivity index (χ4v) is 3.94. The second-order valence-corrected chi connectivity index (χ2v) is 9.71. The summed E-state index contributed by atoms with van der Waals surface area (Å²) >= 11 is 0. The molecule has 1 saturated carbocycles. The van der Waals surface area contributed by atoms with Crippen LogP contribution < -0.4 is 10.2 Å². The van der Waals surface area contributed by atoms with E-state index in [9.17, 15) is 13.6 Å². The molecule has 6 nitrogen and oxygen atoms in total. The zero-order valence-corrected chi connectivity index (χ0v) is 19.9. The molecule has 3 rings (SSSR count). The van der Waals surface area contributed by atoms with Crippen LogP contribution in [0.25, 0.3) is 0 Å². The first-order valence-corrected chi connectivity index (χ1v) is 11.4. The molecule has 0 bridgehead atoms. The van der Waals surface area contributed by atoms with Crippen LogP contribution in [0.15, 0.2) is 18.2 Å². The lowest BCUT2D eigenvalue weighted by Gasteiger charge is -2.24. The number of nitrogens with zero attached hydrogens (tertiary/aromatic N) is 3. The van der Waals surface area contributed by atoms with E-state index in [2.05, 4.69) is 5.10 Å². The van der Waals surface area contributed by atoms with Gasteiger partial charge >= 0.3 is 6.09 Å². The highest BCUT2D eigenvalue weighted by atomic mass is 19.1. The van der Waals surface area contributed by atoms with Crippen LogP contribution in [0.3, 0.4) is 0 Å². The van der Waals surface area contributed by atoms with E-state index in [0.29, 0.717) is 24.0 Å². The van der Waals surface area contributed by atoms with Gasteiger partial charge in [-0.3, -0.25) is 0 Å². The fourth-order valence-electron chi connectivity index (χ4n) is 3.94. The summed E-state index contributed by atoms with van der Waals surface area (Å²) in [4.78, 5) is 13.8. The summed E-state index contributed by atoms with van der Waals surface area (Å²) in [6.45, 7) is 5.94. The number of carbonyl (C=O) groups is 1. The molecule has 0 N–H and O–H groups in total. The maximum atomic E-state index is 14.1. The Bertz CT molecular complexity index is 969. The number of halogens is 2. The van der Waals surface area contributed by atoms with E-state index < -0.39 is 23.3 Å². The largest absolute Gasteiger partial charge is 0.473 e. The van der Waals surface area contributed by atoms with Gasteiger partial charge in [0, 0.05) is 19.2 Å². The number of rotatable bonds is 7. The second kappa shape index (κ2) is 10.6. The summed E-state index contributed by atoms with van der Waals surface area (Å²) in [5.74, 6) is -0.365. The molecule has 0 atom stereocenters. The van der Waals surface area contributed by atoms with Gasteiger partial charge in [0.1, 0.15) is 31.7 Å². The minimum atomic E-state index is -0.624. The van der Waals surface area contributed by atoms with Gasteiger partial charge in [0.15, 0.2) is 0 Å². The molecule has 2 radical (unpaired) electrons. The average Bonchev–Trinajstić information content (AvgIpc) is 3.02. The van der Waals surface area contributed by atoms with E-state index in [0.717, 1.165) is 31.0 Å². The molecule has 1 aromatic carbocycles. The van der Waals surface area contributed by atoms with E-state index in [1.807, 2.05) is 0 Å². The summed E-state index contributed by atoms with van der Waals surface area (Å²) in [6, 6.07) is 3.23. The van der Waals surface area contributed by atoms with E-state index >= 15 is 0 Å². The van der Waals surface area contributed by atoms with Crippen molar-refractivity contribution in [1.29, 1.82) is 0 Å². The van der Waals surface area contributed by atoms with Crippen LogP contribution in [0.5, 0.6) is 5.88 Å². The van der Waals surface area contributed by atoms with Crippen LogP contribution >= 0.6 is 0 Å². The minimum Gasteiger partial charge on any atom is -0.473 e. The molecule has 178 valence electrons. The molecule has 1 aromatic heterocycles. The molecule has 1 aliphatic carbocycles. The summed E-state index contributed by atoms with van der Waals surface area (Å²) in [6.07, 6.45) is 5.25. The van der Waals surface area contributed by atoms with Crippen molar-refractivity contribution in [3.63, 3.8) is 0 Å². The lowest BCUT2D eigenvalue weighted by molar-refractivity contribution is 0.0283. The van der Waals surface area contributed by atoms with Crippen molar-refractivity contribution >= 4 is 19.4 Å². The van der Waals surface area contributed by atoms with Gasteiger partial charge in [0.25, 0.3) is 0 Å². The maximum Gasteiger partial charge on any atom is 0.410 e. The van der Waals surface area contributed by atoms with Crippen molar-refractivity contribution in [2.24, 2.45) is 5.92 Å². The predicted molar refractivity (Wildman–Crippen MR) is 123 cm³/mol. The Hall–Kier alpha value is -2.58. The SMILES string of the molecule is [B]c1c(CN(C)C(=O)OC(C)(C)C)nn(CC2CCCCC2)c1OCc1cc(F)ccc1F. The Morgan fingerprint density at radius 3 is 2.61 bits per heavy atom. The molecular formula is C24H32BF2N3O3. The Morgan fingerprint density at radius 1 is 1.24 bits per heavy atom. The summed E-state index contributed by atoms with van der Waals surface area (Å²) in [5.41, 5.74) is 0.208. The third-order valence-corrected chi connectivity index (χ3v) is 5.64. The Kier molecular flexibility index (Phi) is 8.03. The summed E-state index contributed by atoms with van der Waals surface area (Å²) in [7, 11) is 7.97. The van der Waals surface area contributed by atoms with Crippen LogP contribution in [-0.4, -0.2) is 41.3 Å². The van der Waals surface area contributed by atoms with Gasteiger partial charge in [-0.15, -0.1) is 0 Å². The lowest BCUT2D eigenvalue weighted by Crippen LogP contribution is -2.34. The summed E-state index contributed by atoms with van der Waals surface area (Å²) < 4.78 is 40.6. The molecule has 1 fully saturated rings. The number of carbonyl (C=O) groups excluding carboxylic acids is 1. The number of ether oxygens (including phenoxy) is 2. The number of hydrogen-bond acceptors (Lipinski definition) is 4. The van der Waals surface area contributed by atoms with E-state index in [-0.39, 0.29) is 24.2 Å². The van der Waals surface area contributed by atoms with Crippen LogP contribution in [0, 0.1) is 17.6 Å². The van der Waals surface area contributed by atoms with E-state index in [1.54, 1.807) is 32.5 Å². The quantitative estimate of drug-likeness (QED) is 0.573. The van der Waals surface area contributed by atoms with Crippen molar-refractivity contribution in [3.8, 4) is 5.88 Å². The zero-order valence-electron chi connectivity index (χ0n) is 19.9. The van der Waals surface area contributed by atoms with Crippen LogP contribution in [0.1, 0.15) is 64.1 Å². The topological polar surface area (TPSA) is 56.6 Å². The molecular weight excluding hydrogens is 427 g/mol. The summed E-state index contributed by atoms with van der Waals surface area (Å²) in [5, 5.41) is 4.62. The first-order chi connectivity index (χ1) is 15.5. The zero-order chi connectivity index (χ0) is 24.2. The first kappa shape index (κ1) is 25.1. The van der Waals surface area contributed by atoms with Gasteiger partial charge in [0.05, 0.1) is 12.2 Å². The molecule has 1 aliphatic rings. The van der Waals surface area contributed by atoms with Crippen molar-refractivity contribution in [1.82, 2.24) is 14.7 Å². The normalized spacial score (nSPS) is 14.8. The van der Waals surface area contributed by atoms with Gasteiger partial charge in [-0.2, -0.15) is 5.10 Å². The van der Waals surface area contributed by atoms with E-state index in [4.69, 9.17) is 17.3 Å². The standard InChI is InChI=1S/C24H32BF2N3O3/c1-24(2,3)33-23(31)29(4)14-20-21(25)22(30(28-20)13-16-8-6-5-7-9-16)32-15-17-12-18(26)10-11-19(17)27/h10-12,16H,5-9,13-15H2,1-4H3. The average molecular weight is 459 g/mol. The molecule has 1 heterocycles. The van der Waals surface area contributed by atoms with Gasteiger partial charge in [0.2, 0.25) is 5.88 Å². The third kappa shape index (κ3) is 6.95.